The highest BCUT2D eigenvalue weighted by molar-refractivity contribution is 5.88. The van der Waals surface area contributed by atoms with E-state index in [0.717, 1.165) is 17.7 Å². The molecule has 21 heavy (non-hydrogen) atoms. The number of fused-ring (bicyclic) bond motifs is 1. The molecule has 3 N–H and O–H groups in total. The summed E-state index contributed by atoms with van der Waals surface area (Å²) in [6.45, 7) is 5.94. The molecule has 1 aromatic carbocycles. The summed E-state index contributed by atoms with van der Waals surface area (Å²) in [5.41, 5.74) is 2.60. The molecule has 4 heteroatoms. The van der Waals surface area contributed by atoms with Crippen LogP contribution in [-0.2, 0) is 6.42 Å². The fourth-order valence-electron chi connectivity index (χ4n) is 2.70. The Bertz CT molecular complexity index is 571. The number of benzene rings is 1. The van der Waals surface area contributed by atoms with Gasteiger partial charge in [-0.15, -0.1) is 0 Å². The molecule has 0 saturated carbocycles. The molecule has 2 rings (SSSR count). The zero-order valence-corrected chi connectivity index (χ0v) is 12.8. The molecule has 114 valence electrons. The van der Waals surface area contributed by atoms with Crippen molar-refractivity contribution in [1.82, 2.24) is 0 Å². The van der Waals surface area contributed by atoms with E-state index < -0.39 is 11.6 Å². The van der Waals surface area contributed by atoms with Crippen LogP contribution in [0.2, 0.25) is 0 Å². The highest BCUT2D eigenvalue weighted by Crippen LogP contribution is 2.33. The van der Waals surface area contributed by atoms with Crippen LogP contribution >= 0.6 is 0 Å². The van der Waals surface area contributed by atoms with Gasteiger partial charge in [-0.2, -0.15) is 0 Å². The third-order valence-electron chi connectivity index (χ3n) is 4.06. The lowest BCUT2D eigenvalue weighted by Crippen LogP contribution is -2.43. The van der Waals surface area contributed by atoms with E-state index in [0.29, 0.717) is 18.4 Å². The SMILES string of the molecule is CC(C)=CCCC(C)(O)C1Cc2cc(C(=O)O)ccc2N1. The summed E-state index contributed by atoms with van der Waals surface area (Å²) >= 11 is 0. The van der Waals surface area contributed by atoms with Gasteiger partial charge in [-0.05, 0) is 63.8 Å². The molecule has 0 saturated heterocycles. The van der Waals surface area contributed by atoms with Gasteiger partial charge < -0.3 is 15.5 Å². The monoisotopic (exact) mass is 289 g/mol. The summed E-state index contributed by atoms with van der Waals surface area (Å²) in [7, 11) is 0. The van der Waals surface area contributed by atoms with Gasteiger partial charge in [0.25, 0.3) is 0 Å². The van der Waals surface area contributed by atoms with Crippen molar-refractivity contribution < 1.29 is 15.0 Å². The molecule has 0 radical (unpaired) electrons. The summed E-state index contributed by atoms with van der Waals surface area (Å²) in [6.07, 6.45) is 4.29. The number of allylic oxidation sites excluding steroid dienone is 2. The van der Waals surface area contributed by atoms with Crippen molar-refractivity contribution in [3.05, 3.63) is 41.0 Å². The summed E-state index contributed by atoms with van der Waals surface area (Å²) in [6, 6.07) is 4.98. The number of aliphatic hydroxyl groups is 1. The Balaban J connectivity index is 2.07. The summed E-state index contributed by atoms with van der Waals surface area (Å²) in [5, 5.41) is 23.0. The maximum atomic E-state index is 11.0. The number of anilines is 1. The number of aromatic carboxylic acids is 1. The van der Waals surface area contributed by atoms with Gasteiger partial charge in [-0.1, -0.05) is 11.6 Å². The summed E-state index contributed by atoms with van der Waals surface area (Å²) in [5.74, 6) is -0.920. The van der Waals surface area contributed by atoms with Crippen molar-refractivity contribution in [3.8, 4) is 0 Å². The van der Waals surface area contributed by atoms with Gasteiger partial charge >= 0.3 is 5.97 Å². The topological polar surface area (TPSA) is 69.6 Å². The maximum absolute atomic E-state index is 11.0. The van der Waals surface area contributed by atoms with Crippen LogP contribution in [0.25, 0.3) is 0 Å². The van der Waals surface area contributed by atoms with E-state index in [4.69, 9.17) is 5.11 Å². The Morgan fingerprint density at radius 2 is 2.19 bits per heavy atom. The smallest absolute Gasteiger partial charge is 0.335 e. The molecule has 0 fully saturated rings. The second-order valence-corrected chi connectivity index (χ2v) is 6.26. The van der Waals surface area contributed by atoms with Crippen molar-refractivity contribution in [2.24, 2.45) is 0 Å². The van der Waals surface area contributed by atoms with Crippen LogP contribution in [0.3, 0.4) is 0 Å². The molecule has 1 heterocycles. The normalized spacial score (nSPS) is 19.3. The van der Waals surface area contributed by atoms with E-state index >= 15 is 0 Å². The van der Waals surface area contributed by atoms with Crippen LogP contribution in [0, 0.1) is 0 Å². The van der Waals surface area contributed by atoms with Crippen LogP contribution < -0.4 is 5.32 Å². The minimum absolute atomic E-state index is 0.0814. The Kier molecular flexibility index (Phi) is 4.37. The van der Waals surface area contributed by atoms with E-state index in [-0.39, 0.29) is 6.04 Å². The van der Waals surface area contributed by atoms with E-state index in [2.05, 4.69) is 11.4 Å². The van der Waals surface area contributed by atoms with Crippen LogP contribution in [-0.4, -0.2) is 27.8 Å². The molecular formula is C17H23NO3. The van der Waals surface area contributed by atoms with Gasteiger partial charge in [-0.25, -0.2) is 4.79 Å². The highest BCUT2D eigenvalue weighted by Gasteiger charge is 2.35. The molecule has 0 spiro atoms. The van der Waals surface area contributed by atoms with Crippen LogP contribution in [0.4, 0.5) is 5.69 Å². The third kappa shape index (κ3) is 3.64. The van der Waals surface area contributed by atoms with E-state index in [1.165, 1.54) is 5.57 Å². The van der Waals surface area contributed by atoms with Gasteiger partial charge in [0.2, 0.25) is 0 Å². The maximum Gasteiger partial charge on any atom is 0.335 e. The predicted molar refractivity (Wildman–Crippen MR) is 83.8 cm³/mol. The number of carboxylic acids is 1. The zero-order chi connectivity index (χ0) is 15.6. The summed E-state index contributed by atoms with van der Waals surface area (Å²) < 4.78 is 0. The lowest BCUT2D eigenvalue weighted by atomic mass is 9.89. The van der Waals surface area contributed by atoms with E-state index in [9.17, 15) is 9.90 Å². The number of carboxylic acid groups (broad SMARTS) is 1. The highest BCUT2D eigenvalue weighted by atomic mass is 16.4. The molecule has 1 aromatic rings. The molecular weight excluding hydrogens is 266 g/mol. The Labute approximate surface area is 125 Å². The van der Waals surface area contributed by atoms with Crippen molar-refractivity contribution >= 4 is 11.7 Å². The Morgan fingerprint density at radius 1 is 1.48 bits per heavy atom. The number of hydrogen-bond donors (Lipinski definition) is 3. The quantitative estimate of drug-likeness (QED) is 0.728. The number of carbonyl (C=O) groups is 1. The van der Waals surface area contributed by atoms with E-state index in [1.807, 2.05) is 20.8 Å². The van der Waals surface area contributed by atoms with Crippen LogP contribution in [0.15, 0.2) is 29.8 Å². The predicted octanol–water partition coefficient (Wildman–Crippen LogP) is 3.22. The van der Waals surface area contributed by atoms with Crippen LogP contribution in [0.1, 0.15) is 49.5 Å². The standard InChI is InChI=1S/C17H23NO3/c1-11(2)5-4-8-17(3,21)15-10-13-9-12(16(19)20)6-7-14(13)18-15/h5-7,9,15,18,21H,4,8,10H2,1-3H3,(H,19,20). The first-order valence-corrected chi connectivity index (χ1v) is 7.28. The molecule has 2 unspecified atom stereocenters. The molecule has 1 aliphatic heterocycles. The minimum atomic E-state index is -0.920. The first-order valence-electron chi connectivity index (χ1n) is 7.28. The Hall–Kier alpha value is -1.81. The lowest BCUT2D eigenvalue weighted by Gasteiger charge is -2.30. The van der Waals surface area contributed by atoms with Crippen molar-refractivity contribution in [1.29, 1.82) is 0 Å². The number of nitrogens with one attached hydrogen (secondary N) is 1. The van der Waals surface area contributed by atoms with Gasteiger partial charge in [0.1, 0.15) is 0 Å². The van der Waals surface area contributed by atoms with Crippen molar-refractivity contribution in [2.75, 3.05) is 5.32 Å². The zero-order valence-electron chi connectivity index (χ0n) is 12.8. The first kappa shape index (κ1) is 15.6. The summed E-state index contributed by atoms with van der Waals surface area (Å²) in [4.78, 5) is 11.0. The molecule has 0 bridgehead atoms. The van der Waals surface area contributed by atoms with Gasteiger partial charge in [0, 0.05) is 5.69 Å². The van der Waals surface area contributed by atoms with Gasteiger partial charge in [0.15, 0.2) is 0 Å². The average molecular weight is 289 g/mol. The van der Waals surface area contributed by atoms with Gasteiger partial charge in [-0.3, -0.25) is 0 Å². The molecule has 0 amide bonds. The first-order chi connectivity index (χ1) is 9.79. The molecule has 0 aromatic heterocycles. The molecule has 2 atom stereocenters. The fourth-order valence-corrected chi connectivity index (χ4v) is 2.70. The molecule has 0 aliphatic carbocycles. The molecule has 1 aliphatic rings. The fraction of sp³-hybridized carbons (Fsp3) is 0.471. The van der Waals surface area contributed by atoms with E-state index in [1.54, 1.807) is 18.2 Å². The molecule has 4 nitrogen and oxygen atoms in total. The second kappa shape index (κ2) is 5.90. The Morgan fingerprint density at radius 3 is 2.81 bits per heavy atom. The van der Waals surface area contributed by atoms with Crippen molar-refractivity contribution in [2.45, 2.75) is 51.7 Å². The van der Waals surface area contributed by atoms with Crippen LogP contribution in [0.5, 0.6) is 0 Å². The lowest BCUT2D eigenvalue weighted by molar-refractivity contribution is 0.0339. The average Bonchev–Trinajstić information content (AvgIpc) is 2.81. The number of hydrogen-bond acceptors (Lipinski definition) is 3. The van der Waals surface area contributed by atoms with Crippen molar-refractivity contribution in [3.63, 3.8) is 0 Å². The minimum Gasteiger partial charge on any atom is -0.478 e. The second-order valence-electron chi connectivity index (χ2n) is 6.26. The third-order valence-corrected chi connectivity index (χ3v) is 4.06. The van der Waals surface area contributed by atoms with Gasteiger partial charge in [0.05, 0.1) is 17.2 Å². The number of rotatable bonds is 5. The largest absolute Gasteiger partial charge is 0.478 e.